The molecule has 0 aromatic rings. The summed E-state index contributed by atoms with van der Waals surface area (Å²) in [4.78, 5) is 30.2. The number of aliphatic carboxylic acids is 3. The Morgan fingerprint density at radius 1 is 0.885 bits per heavy atom. The smallest absolute Gasteiger partial charge is 0.550 e. The summed E-state index contributed by atoms with van der Waals surface area (Å²) >= 11 is 0. The van der Waals surface area contributed by atoms with Crippen molar-refractivity contribution in [3.8, 4) is 0 Å². The minimum absolute atomic E-state index is 0. The standard InChI is InChI=1S/C6H8O7.2Na.H2O4S2.H2O4S/c7-3(8)1-6(13,5(11)12)2-4(9)10;;;1-5(2)6(3)4;1-5(2,3)4/h13H,1-2H2,(H,7,8)(H,9,10)(H,11,12);;;(H,1,2)(H,3,4);(H2,1,2,3,4)/q;2*+1;;/p-2. The molecule has 0 aliphatic heterocycles. The van der Waals surface area contributed by atoms with Crippen LogP contribution in [-0.4, -0.2) is 68.8 Å². The molecule has 2 unspecified atom stereocenters. The Bertz CT molecular complexity index is 565. The molecule has 0 fully saturated rings. The third-order valence-corrected chi connectivity index (χ3v) is 2.37. The summed E-state index contributed by atoms with van der Waals surface area (Å²) in [5.41, 5.74) is -2.86. The van der Waals surface area contributed by atoms with Gasteiger partial charge < -0.3 is 30.0 Å². The van der Waals surface area contributed by atoms with Gasteiger partial charge in [0.05, 0.1) is 0 Å². The summed E-state index contributed by atoms with van der Waals surface area (Å²) in [5.74, 6) is -5.65. The van der Waals surface area contributed by atoms with E-state index in [0.717, 1.165) is 0 Å². The predicted octanol–water partition coefficient (Wildman–Crippen LogP) is -11.2. The van der Waals surface area contributed by atoms with Gasteiger partial charge in [-0.2, -0.15) is 8.42 Å². The van der Waals surface area contributed by atoms with Crippen LogP contribution in [-0.2, 0) is 45.0 Å². The van der Waals surface area contributed by atoms with Crippen LogP contribution >= 0.6 is 0 Å². The van der Waals surface area contributed by atoms with Crippen molar-refractivity contribution in [3.05, 3.63) is 0 Å². The molecule has 26 heavy (non-hydrogen) atoms. The summed E-state index contributed by atoms with van der Waals surface area (Å²) in [6, 6.07) is 0. The molecule has 0 spiro atoms. The minimum Gasteiger partial charge on any atom is -0.550 e. The van der Waals surface area contributed by atoms with E-state index in [2.05, 4.69) is 0 Å². The Balaban J connectivity index is -0.0000000954. The van der Waals surface area contributed by atoms with E-state index >= 15 is 0 Å². The molecule has 15 nitrogen and oxygen atoms in total. The summed E-state index contributed by atoms with van der Waals surface area (Å²) in [5, 5.41) is 37.2. The van der Waals surface area contributed by atoms with E-state index in [1.54, 1.807) is 0 Å². The van der Waals surface area contributed by atoms with Gasteiger partial charge in [0.25, 0.3) is 20.2 Å². The van der Waals surface area contributed by atoms with Crippen molar-refractivity contribution in [1.29, 1.82) is 0 Å². The van der Waals surface area contributed by atoms with Gasteiger partial charge >= 0.3 is 75.5 Å². The molecule has 0 saturated heterocycles. The molecule has 0 aliphatic rings. The van der Waals surface area contributed by atoms with Crippen LogP contribution in [0.1, 0.15) is 12.8 Å². The summed E-state index contributed by atoms with van der Waals surface area (Å²) in [6.45, 7) is 0. The molecule has 6 N–H and O–H groups in total. The average molecular weight is 464 g/mol. The number of carboxylic acid groups (broad SMARTS) is 3. The molecule has 0 aromatic heterocycles. The van der Waals surface area contributed by atoms with Gasteiger partial charge in [0.1, 0.15) is 0 Å². The van der Waals surface area contributed by atoms with Gasteiger partial charge in [0.15, 0.2) is 5.60 Å². The van der Waals surface area contributed by atoms with Crippen molar-refractivity contribution in [2.24, 2.45) is 0 Å². The number of hydrogen-bond acceptors (Lipinski definition) is 10. The first-order chi connectivity index (χ1) is 10.4. The first-order valence-electron chi connectivity index (χ1n) is 4.70. The van der Waals surface area contributed by atoms with Crippen molar-refractivity contribution >= 4 is 48.5 Å². The van der Waals surface area contributed by atoms with E-state index in [0.29, 0.717) is 0 Å². The van der Waals surface area contributed by atoms with E-state index in [9.17, 15) is 33.0 Å². The molecule has 0 rings (SSSR count). The van der Waals surface area contributed by atoms with Gasteiger partial charge in [0, 0.05) is 24.8 Å². The third-order valence-electron chi connectivity index (χ3n) is 1.39. The van der Waals surface area contributed by atoms with Crippen molar-refractivity contribution in [2.45, 2.75) is 18.4 Å². The van der Waals surface area contributed by atoms with Crippen LogP contribution in [0.4, 0.5) is 0 Å². The largest absolute Gasteiger partial charge is 1.00 e. The number of hydrogen-bond donors (Lipinski definition) is 6. The Morgan fingerprint density at radius 2 is 1.08 bits per heavy atom. The van der Waals surface area contributed by atoms with Gasteiger partial charge in [0.2, 0.25) is 0 Å². The molecular formula is C6H10Na2O15S3. The Morgan fingerprint density at radius 3 is 1.15 bits per heavy atom. The number of carboxylic acids is 3. The van der Waals surface area contributed by atoms with Crippen LogP contribution in [0.3, 0.4) is 0 Å². The second-order valence-corrected chi connectivity index (χ2v) is 6.79. The van der Waals surface area contributed by atoms with Crippen LogP contribution in [0.15, 0.2) is 0 Å². The molecular weight excluding hydrogens is 454 g/mol. The summed E-state index contributed by atoms with van der Waals surface area (Å²) in [6.07, 6.45) is -2.59. The number of carbonyl (C=O) groups is 3. The van der Waals surface area contributed by atoms with E-state index < -0.39 is 67.0 Å². The maximum atomic E-state index is 10.3. The van der Waals surface area contributed by atoms with Gasteiger partial charge in [-0.1, -0.05) is 0 Å². The molecule has 2 atom stereocenters. The molecule has 0 aromatic carbocycles. The fourth-order valence-corrected chi connectivity index (χ4v) is 0.691. The van der Waals surface area contributed by atoms with Crippen molar-refractivity contribution in [1.82, 2.24) is 0 Å². The normalized spacial score (nSPS) is 12.2. The fourth-order valence-electron chi connectivity index (χ4n) is 0.691. The van der Waals surface area contributed by atoms with Gasteiger partial charge in [-0.25, -0.2) is 13.2 Å². The summed E-state index contributed by atoms with van der Waals surface area (Å²) < 4.78 is 65.2. The van der Waals surface area contributed by atoms with E-state index in [1.165, 1.54) is 0 Å². The maximum Gasteiger partial charge on any atom is 1.00 e. The molecule has 20 heteroatoms. The zero-order valence-corrected chi connectivity index (χ0v) is 19.4. The summed E-state index contributed by atoms with van der Waals surface area (Å²) in [7, 11) is -9.85. The number of carbonyl (C=O) groups excluding carboxylic acids is 2. The molecule has 0 heterocycles. The fraction of sp³-hybridized carbons (Fsp3) is 0.500. The predicted molar refractivity (Wildman–Crippen MR) is 67.6 cm³/mol. The maximum absolute atomic E-state index is 10.3. The van der Waals surface area contributed by atoms with E-state index in [4.69, 9.17) is 36.8 Å². The molecule has 0 saturated carbocycles. The molecule has 144 valence electrons. The van der Waals surface area contributed by atoms with Crippen molar-refractivity contribution in [2.75, 3.05) is 0 Å². The number of aliphatic hydroxyl groups is 1. The molecule has 0 radical (unpaired) electrons. The van der Waals surface area contributed by atoms with Crippen LogP contribution in [0.25, 0.3) is 0 Å². The zero-order valence-electron chi connectivity index (χ0n) is 13.0. The van der Waals surface area contributed by atoms with Gasteiger partial charge in [-0.15, -0.1) is 0 Å². The van der Waals surface area contributed by atoms with E-state index in [1.807, 2.05) is 0 Å². The zero-order chi connectivity index (χ0) is 20.3. The second-order valence-electron chi connectivity index (χ2n) is 3.32. The SMILES string of the molecule is O=C([O-])CC(O)(CC(=O)[O-])C(=O)O.O=S(=O)(O)O.O=S(O)S(=O)O.[Na+].[Na+]. The quantitative estimate of drug-likeness (QED) is 0.0920. The topological polar surface area (TPSA) is 287 Å². The first kappa shape index (κ1) is 37.2. The molecule has 0 aliphatic carbocycles. The van der Waals surface area contributed by atoms with Crippen molar-refractivity contribution < 1.29 is 129 Å². The number of rotatable bonds is 6. The second kappa shape index (κ2) is 17.6. The molecule has 0 bridgehead atoms. The van der Waals surface area contributed by atoms with Crippen LogP contribution in [0.2, 0.25) is 0 Å². The van der Waals surface area contributed by atoms with Crippen molar-refractivity contribution in [3.63, 3.8) is 0 Å². The van der Waals surface area contributed by atoms with Crippen LogP contribution in [0, 0.1) is 0 Å². The first-order valence-corrected chi connectivity index (χ1v) is 8.82. The Labute approximate surface area is 194 Å². The van der Waals surface area contributed by atoms with Crippen LogP contribution < -0.4 is 69.3 Å². The van der Waals surface area contributed by atoms with E-state index in [-0.39, 0.29) is 59.1 Å². The Kier molecular flexibility index (Phi) is 25.1. The Hall–Kier alpha value is 0.460. The monoisotopic (exact) mass is 464 g/mol. The minimum atomic E-state index is -4.67. The third kappa shape index (κ3) is 32.2. The van der Waals surface area contributed by atoms with Crippen LogP contribution in [0.5, 0.6) is 0 Å². The molecule has 0 amide bonds. The average Bonchev–Trinajstić information content (AvgIpc) is 2.24. The van der Waals surface area contributed by atoms with Gasteiger partial charge in [-0.05, 0) is 0 Å². The van der Waals surface area contributed by atoms with Gasteiger partial charge in [-0.3, -0.25) is 18.2 Å².